The highest BCUT2D eigenvalue weighted by Crippen LogP contribution is 2.19. The lowest BCUT2D eigenvalue weighted by Gasteiger charge is -2.14. The normalized spacial score (nSPS) is 23.8. The molecule has 0 spiro atoms. The van der Waals surface area contributed by atoms with Gasteiger partial charge in [-0.2, -0.15) is 5.10 Å². The SMILES string of the molecule is COC1C=CC=C2C(C(=O)O)=NN=C21. The van der Waals surface area contributed by atoms with E-state index in [-0.39, 0.29) is 11.8 Å². The second kappa shape index (κ2) is 3.19. The highest BCUT2D eigenvalue weighted by atomic mass is 16.5. The standard InChI is InChI=1S/C9H8N2O3/c1-14-6-4-2-3-5-7(6)10-11-8(5)9(12)13/h2-4,6H,1H3,(H,12,13). The van der Waals surface area contributed by atoms with Crippen molar-refractivity contribution in [2.45, 2.75) is 6.10 Å². The van der Waals surface area contributed by atoms with Crippen LogP contribution in [0.5, 0.6) is 0 Å². The lowest BCUT2D eigenvalue weighted by molar-refractivity contribution is -0.129. The lowest BCUT2D eigenvalue weighted by Crippen LogP contribution is -2.28. The predicted molar refractivity (Wildman–Crippen MR) is 50.5 cm³/mol. The van der Waals surface area contributed by atoms with Crippen LogP contribution in [0.15, 0.2) is 34.0 Å². The summed E-state index contributed by atoms with van der Waals surface area (Å²) in [7, 11) is 1.54. The summed E-state index contributed by atoms with van der Waals surface area (Å²) in [6.45, 7) is 0. The van der Waals surface area contributed by atoms with Gasteiger partial charge in [0.2, 0.25) is 0 Å². The number of methoxy groups -OCH3 is 1. The molecule has 1 N–H and O–H groups in total. The molecule has 0 saturated heterocycles. The number of hydrogen-bond acceptors (Lipinski definition) is 4. The summed E-state index contributed by atoms with van der Waals surface area (Å²) in [4.78, 5) is 10.7. The van der Waals surface area contributed by atoms with Crippen LogP contribution in [0, 0.1) is 0 Å². The number of allylic oxidation sites excluding steroid dienone is 2. The van der Waals surface area contributed by atoms with Gasteiger partial charge in [0.05, 0.1) is 0 Å². The van der Waals surface area contributed by atoms with Crippen molar-refractivity contribution in [1.82, 2.24) is 0 Å². The molecule has 2 aliphatic rings. The van der Waals surface area contributed by atoms with Crippen molar-refractivity contribution < 1.29 is 14.6 Å². The highest BCUT2D eigenvalue weighted by molar-refractivity contribution is 6.51. The van der Waals surface area contributed by atoms with Crippen LogP contribution in [0.4, 0.5) is 0 Å². The molecule has 0 bridgehead atoms. The summed E-state index contributed by atoms with van der Waals surface area (Å²) in [5.41, 5.74) is 1.07. The molecule has 0 aromatic carbocycles. The molecule has 5 heteroatoms. The van der Waals surface area contributed by atoms with Crippen LogP contribution in [0.25, 0.3) is 0 Å². The van der Waals surface area contributed by atoms with E-state index in [1.165, 1.54) is 0 Å². The minimum atomic E-state index is -1.07. The number of fused-ring (bicyclic) bond motifs is 1. The molecule has 0 radical (unpaired) electrons. The smallest absolute Gasteiger partial charge is 0.357 e. The molecule has 0 fully saturated rings. The summed E-state index contributed by atoms with van der Waals surface area (Å²) in [6, 6.07) is 0. The quantitative estimate of drug-likeness (QED) is 0.688. The first-order valence-corrected chi connectivity index (χ1v) is 4.05. The predicted octanol–water partition coefficient (Wildman–Crippen LogP) is 0.393. The summed E-state index contributed by atoms with van der Waals surface area (Å²) in [5, 5.41) is 16.2. The third-order valence-corrected chi connectivity index (χ3v) is 2.06. The van der Waals surface area contributed by atoms with Gasteiger partial charge in [0, 0.05) is 12.7 Å². The van der Waals surface area contributed by atoms with Gasteiger partial charge >= 0.3 is 5.97 Å². The maximum absolute atomic E-state index is 10.7. The number of carbonyl (C=O) groups is 1. The monoisotopic (exact) mass is 192 g/mol. The van der Waals surface area contributed by atoms with E-state index >= 15 is 0 Å². The largest absolute Gasteiger partial charge is 0.476 e. The van der Waals surface area contributed by atoms with Crippen LogP contribution in [-0.4, -0.2) is 35.7 Å². The zero-order chi connectivity index (χ0) is 10.1. The van der Waals surface area contributed by atoms with Gasteiger partial charge < -0.3 is 9.84 Å². The molecule has 1 aliphatic heterocycles. The van der Waals surface area contributed by atoms with E-state index in [2.05, 4.69) is 10.2 Å². The number of ether oxygens (including phenoxy) is 1. The van der Waals surface area contributed by atoms with Crippen molar-refractivity contribution in [3.8, 4) is 0 Å². The molecular weight excluding hydrogens is 184 g/mol. The average molecular weight is 192 g/mol. The Morgan fingerprint density at radius 2 is 2.36 bits per heavy atom. The van der Waals surface area contributed by atoms with Crippen LogP contribution in [0.2, 0.25) is 0 Å². The van der Waals surface area contributed by atoms with E-state index in [1.807, 2.05) is 0 Å². The summed E-state index contributed by atoms with van der Waals surface area (Å²) in [6.07, 6.45) is 4.92. The van der Waals surface area contributed by atoms with Gasteiger partial charge in [0.25, 0.3) is 0 Å². The first-order valence-electron chi connectivity index (χ1n) is 4.05. The van der Waals surface area contributed by atoms with Gasteiger partial charge in [-0.15, -0.1) is 5.10 Å². The van der Waals surface area contributed by atoms with Gasteiger partial charge in [-0.25, -0.2) is 4.79 Å². The molecule has 5 nitrogen and oxygen atoms in total. The molecule has 72 valence electrons. The van der Waals surface area contributed by atoms with Crippen molar-refractivity contribution in [1.29, 1.82) is 0 Å². The van der Waals surface area contributed by atoms with E-state index in [4.69, 9.17) is 9.84 Å². The van der Waals surface area contributed by atoms with Crippen LogP contribution < -0.4 is 0 Å². The fourth-order valence-corrected chi connectivity index (χ4v) is 1.40. The Morgan fingerprint density at radius 1 is 1.57 bits per heavy atom. The molecule has 1 heterocycles. The fraction of sp³-hybridized carbons (Fsp3) is 0.222. The number of rotatable bonds is 2. The van der Waals surface area contributed by atoms with E-state index in [0.717, 1.165) is 0 Å². The van der Waals surface area contributed by atoms with Crippen LogP contribution in [0.1, 0.15) is 0 Å². The molecule has 0 aromatic heterocycles. The van der Waals surface area contributed by atoms with Crippen molar-refractivity contribution in [3.05, 3.63) is 23.8 Å². The molecule has 0 saturated carbocycles. The van der Waals surface area contributed by atoms with Gasteiger partial charge in [0.15, 0.2) is 5.71 Å². The summed E-state index contributed by atoms with van der Waals surface area (Å²) < 4.78 is 5.11. The Balaban J connectivity index is 2.35. The molecule has 14 heavy (non-hydrogen) atoms. The summed E-state index contributed by atoms with van der Waals surface area (Å²) >= 11 is 0. The molecule has 1 atom stereocenters. The second-order valence-corrected chi connectivity index (χ2v) is 2.86. The Kier molecular flexibility index (Phi) is 2.01. The minimum Gasteiger partial charge on any atom is -0.476 e. The van der Waals surface area contributed by atoms with Gasteiger partial charge in [-0.05, 0) is 6.08 Å². The Labute approximate surface area is 80.1 Å². The zero-order valence-corrected chi connectivity index (χ0v) is 7.47. The van der Waals surface area contributed by atoms with Crippen LogP contribution in [0.3, 0.4) is 0 Å². The van der Waals surface area contributed by atoms with E-state index in [0.29, 0.717) is 11.3 Å². The van der Waals surface area contributed by atoms with E-state index in [1.54, 1.807) is 25.3 Å². The molecule has 0 amide bonds. The third-order valence-electron chi connectivity index (χ3n) is 2.06. The number of carboxylic acid groups (broad SMARTS) is 1. The maximum atomic E-state index is 10.7. The molecule has 1 aliphatic carbocycles. The van der Waals surface area contributed by atoms with Crippen LogP contribution in [-0.2, 0) is 9.53 Å². The van der Waals surface area contributed by atoms with Gasteiger partial charge in [-0.1, -0.05) is 12.2 Å². The molecule has 0 aromatic rings. The van der Waals surface area contributed by atoms with Crippen molar-refractivity contribution in [2.24, 2.45) is 10.2 Å². The molecular formula is C9H8N2O3. The number of nitrogens with zero attached hydrogens (tertiary/aromatic N) is 2. The van der Waals surface area contributed by atoms with Gasteiger partial charge in [0.1, 0.15) is 11.8 Å². The number of hydrogen-bond donors (Lipinski definition) is 1. The van der Waals surface area contributed by atoms with Crippen molar-refractivity contribution >= 4 is 17.4 Å². The Hall–Kier alpha value is -1.75. The Morgan fingerprint density at radius 3 is 3.00 bits per heavy atom. The van der Waals surface area contributed by atoms with Crippen LogP contribution >= 0.6 is 0 Å². The second-order valence-electron chi connectivity index (χ2n) is 2.86. The van der Waals surface area contributed by atoms with E-state index < -0.39 is 5.97 Å². The summed E-state index contributed by atoms with van der Waals surface area (Å²) in [5.74, 6) is -1.07. The van der Waals surface area contributed by atoms with Crippen molar-refractivity contribution in [2.75, 3.05) is 7.11 Å². The average Bonchev–Trinajstić information content (AvgIpc) is 2.60. The van der Waals surface area contributed by atoms with E-state index in [9.17, 15) is 4.79 Å². The number of aliphatic carboxylic acids is 1. The zero-order valence-electron chi connectivity index (χ0n) is 7.47. The first kappa shape index (κ1) is 8.83. The third kappa shape index (κ3) is 1.18. The van der Waals surface area contributed by atoms with Crippen molar-refractivity contribution in [3.63, 3.8) is 0 Å². The first-order chi connectivity index (χ1) is 6.74. The highest BCUT2D eigenvalue weighted by Gasteiger charge is 2.30. The maximum Gasteiger partial charge on any atom is 0.357 e. The lowest BCUT2D eigenvalue weighted by atomic mass is 9.97. The fourth-order valence-electron chi connectivity index (χ4n) is 1.40. The Bertz CT molecular complexity index is 404. The van der Waals surface area contributed by atoms with Gasteiger partial charge in [-0.3, -0.25) is 0 Å². The molecule has 2 rings (SSSR count). The number of carboxylic acids is 1. The molecule has 1 unspecified atom stereocenters. The minimum absolute atomic E-state index is 0.0219. The topological polar surface area (TPSA) is 71.2 Å².